The molecule has 3 heterocycles. The van der Waals surface area contributed by atoms with Gasteiger partial charge in [-0.3, -0.25) is 4.98 Å². The van der Waals surface area contributed by atoms with Crippen molar-refractivity contribution in [3.8, 4) is 11.3 Å². The van der Waals surface area contributed by atoms with Crippen LogP contribution in [0.2, 0.25) is 0 Å². The highest BCUT2D eigenvalue weighted by atomic mass is 16.3. The van der Waals surface area contributed by atoms with Gasteiger partial charge in [0, 0.05) is 18.9 Å². The summed E-state index contributed by atoms with van der Waals surface area (Å²) in [5.74, 6) is 1.36. The van der Waals surface area contributed by atoms with Gasteiger partial charge in [-0.05, 0) is 12.5 Å². The van der Waals surface area contributed by atoms with Gasteiger partial charge in [-0.25, -0.2) is 9.50 Å². The molecule has 0 fully saturated rings. The molecule has 0 saturated carbocycles. The number of hydrogen-bond acceptors (Lipinski definition) is 5. The molecule has 1 N–H and O–H groups in total. The fourth-order valence-corrected chi connectivity index (χ4v) is 2.10. The van der Waals surface area contributed by atoms with Crippen LogP contribution in [-0.4, -0.2) is 26.1 Å². The zero-order chi connectivity index (χ0) is 13.9. The lowest BCUT2D eigenvalue weighted by Gasteiger charge is -2.06. The normalized spacial score (nSPS) is 11.6. The first-order valence-corrected chi connectivity index (χ1v) is 6.66. The molecular weight excluding hydrogens is 254 g/mol. The molecule has 3 aromatic heterocycles. The van der Waals surface area contributed by atoms with Crippen LogP contribution in [0.4, 0.5) is 0 Å². The fraction of sp³-hybridized carbons (Fsp3) is 0.357. The average Bonchev–Trinajstić information content (AvgIpc) is 3.04. The van der Waals surface area contributed by atoms with Crippen molar-refractivity contribution in [3.63, 3.8) is 0 Å². The van der Waals surface area contributed by atoms with E-state index in [9.17, 15) is 0 Å². The minimum Gasteiger partial charge on any atom is -0.443 e. The first-order valence-electron chi connectivity index (χ1n) is 6.66. The Morgan fingerprint density at radius 2 is 2.25 bits per heavy atom. The van der Waals surface area contributed by atoms with Crippen molar-refractivity contribution < 1.29 is 4.42 Å². The van der Waals surface area contributed by atoms with Crippen molar-refractivity contribution in [1.29, 1.82) is 0 Å². The highest BCUT2D eigenvalue weighted by Gasteiger charge is 2.15. The van der Waals surface area contributed by atoms with E-state index in [1.165, 1.54) is 6.39 Å². The van der Waals surface area contributed by atoms with Crippen LogP contribution >= 0.6 is 0 Å². The summed E-state index contributed by atoms with van der Waals surface area (Å²) in [6.45, 7) is 5.98. The predicted octanol–water partition coefficient (Wildman–Crippen LogP) is 2.13. The number of nitrogens with one attached hydrogen (secondary N) is 1. The van der Waals surface area contributed by atoms with E-state index in [-0.39, 0.29) is 0 Å². The largest absolute Gasteiger partial charge is 0.443 e. The fourth-order valence-electron chi connectivity index (χ4n) is 2.10. The zero-order valence-electron chi connectivity index (χ0n) is 11.6. The van der Waals surface area contributed by atoms with Gasteiger partial charge < -0.3 is 9.73 Å². The number of aromatic nitrogens is 4. The smallest absolute Gasteiger partial charge is 0.181 e. The Morgan fingerprint density at radius 1 is 1.35 bits per heavy atom. The molecule has 0 aliphatic carbocycles. The summed E-state index contributed by atoms with van der Waals surface area (Å²) in [7, 11) is 0. The second-order valence-corrected chi connectivity index (χ2v) is 5.12. The molecule has 104 valence electrons. The summed E-state index contributed by atoms with van der Waals surface area (Å²) in [5, 5.41) is 7.67. The number of oxazole rings is 1. The maximum Gasteiger partial charge on any atom is 0.181 e. The molecule has 6 heteroatoms. The van der Waals surface area contributed by atoms with E-state index in [2.05, 4.69) is 34.2 Å². The van der Waals surface area contributed by atoms with E-state index in [0.717, 1.165) is 29.1 Å². The van der Waals surface area contributed by atoms with Crippen LogP contribution in [0, 0.1) is 5.92 Å². The molecule has 3 rings (SSSR count). The van der Waals surface area contributed by atoms with Gasteiger partial charge in [-0.1, -0.05) is 13.8 Å². The standard InChI is InChI=1S/C14H17N5O/c1-10(2)5-16-7-12-14(20-9-17-12)11-6-18-19-4-3-15-8-13(11)19/h3-4,6,8-10,16H,5,7H2,1-2H3. The number of nitrogens with zero attached hydrogens (tertiary/aromatic N) is 4. The highest BCUT2D eigenvalue weighted by molar-refractivity contribution is 5.77. The van der Waals surface area contributed by atoms with Crippen LogP contribution < -0.4 is 5.32 Å². The first-order chi connectivity index (χ1) is 9.75. The Labute approximate surface area is 116 Å². The minimum absolute atomic E-state index is 0.603. The minimum atomic E-state index is 0.603. The van der Waals surface area contributed by atoms with Gasteiger partial charge in [0.25, 0.3) is 0 Å². The Balaban J connectivity index is 1.89. The Hall–Kier alpha value is -2.21. The lowest BCUT2D eigenvalue weighted by molar-refractivity contribution is 0.545. The molecule has 6 nitrogen and oxygen atoms in total. The monoisotopic (exact) mass is 271 g/mol. The molecule has 0 radical (unpaired) electrons. The van der Waals surface area contributed by atoms with Gasteiger partial charge in [-0.15, -0.1) is 0 Å². The summed E-state index contributed by atoms with van der Waals surface area (Å²) >= 11 is 0. The van der Waals surface area contributed by atoms with E-state index >= 15 is 0 Å². The van der Waals surface area contributed by atoms with Crippen molar-refractivity contribution in [3.05, 3.63) is 36.9 Å². The second kappa shape index (κ2) is 5.42. The van der Waals surface area contributed by atoms with Crippen LogP contribution in [0.25, 0.3) is 16.8 Å². The number of rotatable bonds is 5. The predicted molar refractivity (Wildman–Crippen MR) is 75.0 cm³/mol. The van der Waals surface area contributed by atoms with Crippen molar-refractivity contribution >= 4 is 5.52 Å². The molecule has 0 spiro atoms. The van der Waals surface area contributed by atoms with E-state index in [1.807, 2.05) is 6.20 Å². The Kier molecular flexibility index (Phi) is 3.47. The summed E-state index contributed by atoms with van der Waals surface area (Å²) in [6.07, 6.45) is 8.54. The number of fused-ring (bicyclic) bond motifs is 1. The second-order valence-electron chi connectivity index (χ2n) is 5.12. The molecular formula is C14H17N5O. The van der Waals surface area contributed by atoms with Gasteiger partial charge in [0.2, 0.25) is 0 Å². The SMILES string of the molecule is CC(C)CNCc1ncoc1-c1cnn2ccncc12. The van der Waals surface area contributed by atoms with Crippen molar-refractivity contribution in [2.24, 2.45) is 5.92 Å². The van der Waals surface area contributed by atoms with E-state index in [1.54, 1.807) is 23.1 Å². The van der Waals surface area contributed by atoms with E-state index < -0.39 is 0 Å². The maximum atomic E-state index is 5.54. The summed E-state index contributed by atoms with van der Waals surface area (Å²) in [4.78, 5) is 8.42. The molecule has 20 heavy (non-hydrogen) atoms. The molecule has 0 amide bonds. The van der Waals surface area contributed by atoms with Gasteiger partial charge in [0.1, 0.15) is 5.69 Å². The van der Waals surface area contributed by atoms with E-state index in [4.69, 9.17) is 4.42 Å². The molecule has 0 unspecified atom stereocenters. The molecule has 0 saturated heterocycles. The number of hydrogen-bond donors (Lipinski definition) is 1. The maximum absolute atomic E-state index is 5.54. The molecule has 3 aromatic rings. The highest BCUT2D eigenvalue weighted by Crippen LogP contribution is 2.26. The van der Waals surface area contributed by atoms with Crippen LogP contribution in [0.1, 0.15) is 19.5 Å². The third-order valence-corrected chi connectivity index (χ3v) is 3.06. The third-order valence-electron chi connectivity index (χ3n) is 3.06. The quantitative estimate of drug-likeness (QED) is 0.770. The molecule has 0 aliphatic heterocycles. The van der Waals surface area contributed by atoms with Crippen LogP contribution in [0.15, 0.2) is 35.6 Å². The van der Waals surface area contributed by atoms with Gasteiger partial charge in [-0.2, -0.15) is 5.10 Å². The Morgan fingerprint density at radius 3 is 3.10 bits per heavy atom. The third kappa shape index (κ3) is 2.42. The summed E-state index contributed by atoms with van der Waals surface area (Å²) in [5.41, 5.74) is 2.72. The summed E-state index contributed by atoms with van der Waals surface area (Å²) in [6, 6.07) is 0. The van der Waals surface area contributed by atoms with Crippen LogP contribution in [0.5, 0.6) is 0 Å². The molecule has 0 aromatic carbocycles. The summed E-state index contributed by atoms with van der Waals surface area (Å²) < 4.78 is 7.32. The lowest BCUT2D eigenvalue weighted by atomic mass is 10.2. The average molecular weight is 271 g/mol. The van der Waals surface area contributed by atoms with Crippen LogP contribution in [-0.2, 0) is 6.54 Å². The van der Waals surface area contributed by atoms with Crippen molar-refractivity contribution in [2.45, 2.75) is 20.4 Å². The van der Waals surface area contributed by atoms with Gasteiger partial charge >= 0.3 is 0 Å². The van der Waals surface area contributed by atoms with Crippen molar-refractivity contribution in [1.82, 2.24) is 24.9 Å². The molecule has 0 aliphatic rings. The molecule has 0 bridgehead atoms. The van der Waals surface area contributed by atoms with Crippen LogP contribution in [0.3, 0.4) is 0 Å². The topological polar surface area (TPSA) is 68.2 Å². The van der Waals surface area contributed by atoms with Gasteiger partial charge in [0.05, 0.1) is 23.5 Å². The molecule has 0 atom stereocenters. The van der Waals surface area contributed by atoms with Crippen molar-refractivity contribution in [2.75, 3.05) is 6.54 Å². The lowest BCUT2D eigenvalue weighted by Crippen LogP contribution is -2.19. The Bertz CT molecular complexity index is 700. The first kappa shape index (κ1) is 12.8. The van der Waals surface area contributed by atoms with E-state index in [0.29, 0.717) is 12.5 Å². The zero-order valence-corrected chi connectivity index (χ0v) is 11.6. The van der Waals surface area contributed by atoms with Gasteiger partial charge in [0.15, 0.2) is 12.2 Å².